The Hall–Kier alpha value is -1.91. The lowest BCUT2D eigenvalue weighted by Gasteiger charge is -1.91. The van der Waals surface area contributed by atoms with E-state index >= 15 is 0 Å². The third-order valence-electron chi connectivity index (χ3n) is 2.19. The molecule has 2 aromatic rings. The molecule has 0 saturated carbocycles. The van der Waals surface area contributed by atoms with Crippen molar-refractivity contribution >= 4 is 11.0 Å². The summed E-state index contributed by atoms with van der Waals surface area (Å²) < 4.78 is 0. The Bertz CT molecular complexity index is 445. The van der Waals surface area contributed by atoms with E-state index in [1.165, 1.54) is 0 Å². The van der Waals surface area contributed by atoms with Crippen LogP contribution in [0.25, 0.3) is 11.0 Å². The summed E-state index contributed by atoms with van der Waals surface area (Å²) >= 11 is 0. The van der Waals surface area contributed by atoms with Crippen LogP contribution in [0.2, 0.25) is 0 Å². The molecule has 0 atom stereocenters. The lowest BCUT2D eigenvalue weighted by atomic mass is 10.3. The van der Waals surface area contributed by atoms with Crippen LogP contribution in [0.5, 0.6) is 0 Å². The fourth-order valence-corrected chi connectivity index (χ4v) is 1.50. The molecule has 0 fully saturated rings. The number of aromatic nitrogens is 2. The van der Waals surface area contributed by atoms with Crippen LogP contribution in [-0.4, -0.2) is 21.4 Å². The van der Waals surface area contributed by atoms with Gasteiger partial charge in [-0.05, 0) is 12.1 Å². The smallest absolute Gasteiger partial charge is 0.204 e. The Labute approximate surface area is 86.3 Å². The lowest BCUT2D eigenvalue weighted by Crippen LogP contribution is -2.02. The number of imidazole rings is 1. The van der Waals surface area contributed by atoms with E-state index in [9.17, 15) is 10.1 Å². The van der Waals surface area contributed by atoms with Crippen LogP contribution in [0.4, 0.5) is 0 Å². The summed E-state index contributed by atoms with van der Waals surface area (Å²) in [5, 5.41) is 10.1. The normalized spacial score (nSPS) is 10.7. The summed E-state index contributed by atoms with van der Waals surface area (Å²) in [5.41, 5.74) is 1.89. The van der Waals surface area contributed by atoms with Gasteiger partial charge in [0.2, 0.25) is 6.54 Å². The minimum absolute atomic E-state index is 0.00293. The van der Waals surface area contributed by atoms with Crippen LogP contribution < -0.4 is 0 Å². The fraction of sp³-hybridized carbons (Fsp3) is 0.300. The molecule has 0 aliphatic rings. The molecule has 0 saturated heterocycles. The van der Waals surface area contributed by atoms with Crippen molar-refractivity contribution in [1.29, 1.82) is 0 Å². The van der Waals surface area contributed by atoms with Crippen molar-refractivity contribution in [3.63, 3.8) is 0 Å². The summed E-state index contributed by atoms with van der Waals surface area (Å²) in [6, 6.07) is 7.72. The summed E-state index contributed by atoms with van der Waals surface area (Å²) in [7, 11) is 0. The van der Waals surface area contributed by atoms with Crippen LogP contribution in [0.15, 0.2) is 24.3 Å². The average Bonchev–Trinajstić information content (AvgIpc) is 2.59. The minimum atomic E-state index is -0.303. The molecule has 1 aromatic carbocycles. The SMILES string of the molecule is O=[N+]([O-])CCCc1nc2ccccc2[nH]1. The molecule has 0 amide bonds. The van der Waals surface area contributed by atoms with Gasteiger partial charge < -0.3 is 4.98 Å². The first-order chi connectivity index (χ1) is 7.25. The van der Waals surface area contributed by atoms with Crippen LogP contribution in [0.1, 0.15) is 12.2 Å². The van der Waals surface area contributed by atoms with Gasteiger partial charge in [-0.25, -0.2) is 4.98 Å². The van der Waals surface area contributed by atoms with Gasteiger partial charge in [-0.3, -0.25) is 10.1 Å². The monoisotopic (exact) mass is 205 g/mol. The number of fused-ring (bicyclic) bond motifs is 1. The van der Waals surface area contributed by atoms with Gasteiger partial charge in [0.15, 0.2) is 0 Å². The molecule has 0 aliphatic carbocycles. The molecule has 2 rings (SSSR count). The predicted molar refractivity (Wildman–Crippen MR) is 56.3 cm³/mol. The minimum Gasteiger partial charge on any atom is -0.342 e. The number of benzene rings is 1. The van der Waals surface area contributed by atoms with Crippen LogP contribution in [0, 0.1) is 10.1 Å². The fourth-order valence-electron chi connectivity index (χ4n) is 1.50. The zero-order valence-corrected chi connectivity index (χ0v) is 8.14. The van der Waals surface area contributed by atoms with Gasteiger partial charge in [0.1, 0.15) is 5.82 Å². The first-order valence-corrected chi connectivity index (χ1v) is 4.81. The largest absolute Gasteiger partial charge is 0.342 e. The quantitative estimate of drug-likeness (QED) is 0.610. The zero-order chi connectivity index (χ0) is 10.7. The molecule has 5 nitrogen and oxygen atoms in total. The number of H-pyrrole nitrogens is 1. The third kappa shape index (κ3) is 2.31. The molecule has 78 valence electrons. The maximum absolute atomic E-state index is 10.1. The number of nitrogens with zero attached hydrogens (tertiary/aromatic N) is 2. The maximum atomic E-state index is 10.1. The van der Waals surface area contributed by atoms with Crippen molar-refractivity contribution in [2.45, 2.75) is 12.8 Å². The van der Waals surface area contributed by atoms with E-state index in [1.54, 1.807) is 0 Å². The first kappa shape index (κ1) is 9.64. The van der Waals surface area contributed by atoms with E-state index in [0.717, 1.165) is 16.9 Å². The van der Waals surface area contributed by atoms with E-state index in [1.807, 2.05) is 24.3 Å². The standard InChI is InChI=1S/C10H11N3O2/c14-13(15)7-3-6-10-11-8-4-1-2-5-9(8)12-10/h1-2,4-5H,3,6-7H2,(H,11,12). The highest BCUT2D eigenvalue weighted by molar-refractivity contribution is 5.74. The molecule has 5 heteroatoms. The molecule has 0 radical (unpaired) electrons. The molecule has 1 heterocycles. The topological polar surface area (TPSA) is 71.8 Å². The maximum Gasteiger partial charge on any atom is 0.204 e. The number of nitro groups is 1. The lowest BCUT2D eigenvalue weighted by molar-refractivity contribution is -0.480. The number of aryl methyl sites for hydroxylation is 1. The van der Waals surface area contributed by atoms with E-state index in [2.05, 4.69) is 9.97 Å². The van der Waals surface area contributed by atoms with Crippen molar-refractivity contribution in [2.24, 2.45) is 0 Å². The van der Waals surface area contributed by atoms with E-state index in [0.29, 0.717) is 12.8 Å². The van der Waals surface area contributed by atoms with Crippen molar-refractivity contribution in [3.8, 4) is 0 Å². The summed E-state index contributed by atoms with van der Waals surface area (Å²) in [4.78, 5) is 17.3. The predicted octanol–water partition coefficient (Wildman–Crippen LogP) is 1.77. The second-order valence-corrected chi connectivity index (χ2v) is 3.36. The van der Waals surface area contributed by atoms with Crippen LogP contribution >= 0.6 is 0 Å². The van der Waals surface area contributed by atoms with Crippen molar-refractivity contribution in [2.75, 3.05) is 6.54 Å². The molecule has 0 bridgehead atoms. The number of aromatic amines is 1. The highest BCUT2D eigenvalue weighted by atomic mass is 16.6. The van der Waals surface area contributed by atoms with E-state index < -0.39 is 0 Å². The van der Waals surface area contributed by atoms with Crippen LogP contribution in [-0.2, 0) is 6.42 Å². The number of para-hydroxylation sites is 2. The molecule has 0 aliphatic heterocycles. The Morgan fingerprint density at radius 3 is 2.93 bits per heavy atom. The summed E-state index contributed by atoms with van der Waals surface area (Å²) in [6.07, 6.45) is 1.14. The van der Waals surface area contributed by atoms with Gasteiger partial charge in [0, 0.05) is 17.8 Å². The summed E-state index contributed by atoms with van der Waals surface area (Å²) in [5.74, 6) is 0.818. The highest BCUT2D eigenvalue weighted by Crippen LogP contribution is 2.11. The molecule has 1 N–H and O–H groups in total. The summed E-state index contributed by atoms with van der Waals surface area (Å²) in [6.45, 7) is -0.00293. The number of hydrogen-bond acceptors (Lipinski definition) is 3. The molecule has 15 heavy (non-hydrogen) atoms. The molecule has 1 aromatic heterocycles. The molecule has 0 unspecified atom stereocenters. The number of nitrogens with one attached hydrogen (secondary N) is 1. The molecular formula is C10H11N3O2. The van der Waals surface area contributed by atoms with E-state index in [-0.39, 0.29) is 11.5 Å². The van der Waals surface area contributed by atoms with E-state index in [4.69, 9.17) is 0 Å². The average molecular weight is 205 g/mol. The highest BCUT2D eigenvalue weighted by Gasteiger charge is 2.03. The van der Waals surface area contributed by atoms with Gasteiger partial charge in [-0.2, -0.15) is 0 Å². The molecule has 0 spiro atoms. The van der Waals surface area contributed by atoms with Gasteiger partial charge in [0.05, 0.1) is 11.0 Å². The van der Waals surface area contributed by atoms with Crippen LogP contribution in [0.3, 0.4) is 0 Å². The Balaban J connectivity index is 2.05. The molecular weight excluding hydrogens is 194 g/mol. The second-order valence-electron chi connectivity index (χ2n) is 3.36. The Morgan fingerprint density at radius 2 is 2.20 bits per heavy atom. The third-order valence-corrected chi connectivity index (χ3v) is 2.19. The van der Waals surface area contributed by atoms with Gasteiger partial charge in [0.25, 0.3) is 0 Å². The van der Waals surface area contributed by atoms with Gasteiger partial charge in [-0.15, -0.1) is 0 Å². The Morgan fingerprint density at radius 1 is 1.40 bits per heavy atom. The zero-order valence-electron chi connectivity index (χ0n) is 8.14. The second kappa shape index (κ2) is 4.08. The van der Waals surface area contributed by atoms with Crippen molar-refractivity contribution < 1.29 is 4.92 Å². The number of hydrogen-bond donors (Lipinski definition) is 1. The first-order valence-electron chi connectivity index (χ1n) is 4.81. The van der Waals surface area contributed by atoms with Crippen molar-refractivity contribution in [3.05, 3.63) is 40.2 Å². The number of rotatable bonds is 4. The van der Waals surface area contributed by atoms with Gasteiger partial charge >= 0.3 is 0 Å². The Kier molecular flexibility index (Phi) is 2.62. The van der Waals surface area contributed by atoms with Crippen molar-refractivity contribution in [1.82, 2.24) is 9.97 Å². The van der Waals surface area contributed by atoms with Gasteiger partial charge in [-0.1, -0.05) is 12.1 Å².